The molecule has 0 spiro atoms. The van der Waals surface area contributed by atoms with Crippen LogP contribution in [0.2, 0.25) is 0 Å². The highest BCUT2D eigenvalue weighted by Crippen LogP contribution is 2.41. The second-order valence-corrected chi connectivity index (χ2v) is 5.18. The quantitative estimate of drug-likeness (QED) is 0.751. The summed E-state index contributed by atoms with van der Waals surface area (Å²) in [5.74, 6) is 3.06. The molecule has 1 N–H and O–H groups in total. The van der Waals surface area contributed by atoms with E-state index >= 15 is 0 Å². The molecule has 2 fully saturated rings. The zero-order chi connectivity index (χ0) is 9.26. The second kappa shape index (κ2) is 3.91. The Hall–Kier alpha value is -0.180. The lowest BCUT2D eigenvalue weighted by Crippen LogP contribution is -2.23. The van der Waals surface area contributed by atoms with Crippen molar-refractivity contribution in [1.29, 1.82) is 0 Å². The molecule has 0 aromatic carbocycles. The van der Waals surface area contributed by atoms with Gasteiger partial charge in [0.15, 0.2) is 5.17 Å². The molecule has 0 amide bonds. The lowest BCUT2D eigenvalue weighted by molar-refractivity contribution is 0.685. The summed E-state index contributed by atoms with van der Waals surface area (Å²) in [6.45, 7) is 5.55. The fourth-order valence-corrected chi connectivity index (χ4v) is 2.76. The summed E-state index contributed by atoms with van der Waals surface area (Å²) < 4.78 is 0. The van der Waals surface area contributed by atoms with E-state index < -0.39 is 0 Å². The maximum atomic E-state index is 4.60. The topological polar surface area (TPSA) is 24.4 Å². The molecule has 1 unspecified atom stereocenters. The van der Waals surface area contributed by atoms with Crippen molar-refractivity contribution in [3.05, 3.63) is 0 Å². The largest absolute Gasteiger partial charge is 0.362 e. The first kappa shape index (κ1) is 9.38. The van der Waals surface area contributed by atoms with Crippen molar-refractivity contribution < 1.29 is 0 Å². The predicted octanol–water partition coefficient (Wildman–Crippen LogP) is 2.11. The molecule has 0 aromatic heterocycles. The number of hydrogen-bond acceptors (Lipinski definition) is 2. The zero-order valence-corrected chi connectivity index (χ0v) is 9.23. The third-order valence-corrected chi connectivity index (χ3v) is 4.09. The van der Waals surface area contributed by atoms with Gasteiger partial charge in [-0.25, -0.2) is 0 Å². The lowest BCUT2D eigenvalue weighted by Gasteiger charge is -2.00. The van der Waals surface area contributed by atoms with Crippen molar-refractivity contribution in [2.45, 2.75) is 32.7 Å². The molecule has 1 aliphatic heterocycles. The zero-order valence-electron chi connectivity index (χ0n) is 8.42. The molecule has 0 bridgehead atoms. The third kappa shape index (κ3) is 2.39. The molecular formula is C10H18N2S. The number of rotatable bonds is 3. The van der Waals surface area contributed by atoms with Crippen LogP contribution in [0.5, 0.6) is 0 Å². The molecule has 2 rings (SSSR count). The van der Waals surface area contributed by atoms with Gasteiger partial charge in [0.05, 0.1) is 0 Å². The highest BCUT2D eigenvalue weighted by atomic mass is 32.2. The van der Waals surface area contributed by atoms with Crippen LogP contribution in [0.4, 0.5) is 0 Å². The number of amidine groups is 1. The van der Waals surface area contributed by atoms with Crippen LogP contribution in [0.1, 0.15) is 26.7 Å². The number of hydrogen-bond donors (Lipinski definition) is 1. The monoisotopic (exact) mass is 198 g/mol. The van der Waals surface area contributed by atoms with Crippen LogP contribution >= 0.6 is 11.8 Å². The van der Waals surface area contributed by atoms with Crippen LogP contribution in [0.25, 0.3) is 0 Å². The number of aliphatic imine (C=N–C) groups is 1. The van der Waals surface area contributed by atoms with Crippen LogP contribution in [0.3, 0.4) is 0 Å². The molecule has 0 radical (unpaired) electrons. The van der Waals surface area contributed by atoms with Crippen LogP contribution < -0.4 is 5.32 Å². The van der Waals surface area contributed by atoms with Crippen LogP contribution in [-0.4, -0.2) is 23.5 Å². The van der Waals surface area contributed by atoms with Gasteiger partial charge in [0.2, 0.25) is 0 Å². The molecule has 1 saturated carbocycles. The maximum Gasteiger partial charge on any atom is 0.156 e. The minimum Gasteiger partial charge on any atom is -0.362 e. The first-order valence-electron chi connectivity index (χ1n) is 5.23. The first-order valence-corrected chi connectivity index (χ1v) is 6.22. The molecule has 3 atom stereocenters. The van der Waals surface area contributed by atoms with Gasteiger partial charge in [-0.1, -0.05) is 25.1 Å². The van der Waals surface area contributed by atoms with E-state index in [0.29, 0.717) is 6.04 Å². The Labute approximate surface area is 84.6 Å². The number of nitrogens with zero attached hydrogens (tertiary/aromatic N) is 1. The summed E-state index contributed by atoms with van der Waals surface area (Å²) in [6, 6.07) is 0.616. The van der Waals surface area contributed by atoms with Crippen molar-refractivity contribution in [3.63, 3.8) is 0 Å². The van der Waals surface area contributed by atoms with Gasteiger partial charge < -0.3 is 5.32 Å². The molecule has 1 aliphatic carbocycles. The summed E-state index contributed by atoms with van der Waals surface area (Å²) in [4.78, 5) is 4.60. The fourth-order valence-electron chi connectivity index (χ4n) is 1.82. The van der Waals surface area contributed by atoms with E-state index in [1.54, 1.807) is 0 Å². The SMILES string of the molecule is CC[C@@H]1C[C@H]1CN=C1NC(C)CS1. The average molecular weight is 198 g/mol. The smallest absolute Gasteiger partial charge is 0.156 e. The second-order valence-electron chi connectivity index (χ2n) is 4.17. The molecule has 74 valence electrons. The number of nitrogens with one attached hydrogen (secondary N) is 1. The van der Waals surface area contributed by atoms with Gasteiger partial charge in [-0.05, 0) is 25.2 Å². The Bertz CT molecular complexity index is 215. The van der Waals surface area contributed by atoms with Crippen molar-refractivity contribution in [2.75, 3.05) is 12.3 Å². The molecule has 2 nitrogen and oxygen atoms in total. The maximum absolute atomic E-state index is 4.60. The molecular weight excluding hydrogens is 180 g/mol. The van der Waals surface area contributed by atoms with Crippen LogP contribution in [0.15, 0.2) is 4.99 Å². The summed E-state index contributed by atoms with van der Waals surface area (Å²) in [6.07, 6.45) is 2.75. The van der Waals surface area contributed by atoms with Gasteiger partial charge in [-0.3, -0.25) is 4.99 Å². The molecule has 1 heterocycles. The Balaban J connectivity index is 1.72. The van der Waals surface area contributed by atoms with E-state index in [2.05, 4.69) is 24.2 Å². The highest BCUT2D eigenvalue weighted by Gasteiger charge is 2.34. The van der Waals surface area contributed by atoms with Crippen molar-refractivity contribution >= 4 is 16.9 Å². The van der Waals surface area contributed by atoms with Gasteiger partial charge in [0, 0.05) is 18.3 Å². The Morgan fingerprint density at radius 1 is 1.54 bits per heavy atom. The van der Waals surface area contributed by atoms with Crippen molar-refractivity contribution in [1.82, 2.24) is 5.32 Å². The third-order valence-electron chi connectivity index (χ3n) is 2.90. The van der Waals surface area contributed by atoms with Gasteiger partial charge >= 0.3 is 0 Å². The van der Waals surface area contributed by atoms with E-state index in [1.807, 2.05) is 11.8 Å². The fraction of sp³-hybridized carbons (Fsp3) is 0.900. The van der Waals surface area contributed by atoms with Crippen molar-refractivity contribution in [3.8, 4) is 0 Å². The molecule has 0 aromatic rings. The van der Waals surface area contributed by atoms with Gasteiger partial charge in [-0.15, -0.1) is 0 Å². The summed E-state index contributed by atoms with van der Waals surface area (Å²) in [7, 11) is 0. The molecule has 13 heavy (non-hydrogen) atoms. The highest BCUT2D eigenvalue weighted by molar-refractivity contribution is 8.14. The standard InChI is InChI=1S/C10H18N2S/c1-3-8-4-9(8)5-11-10-12-7(2)6-13-10/h7-9H,3-6H2,1-2H3,(H,11,12)/t7?,8-,9+/m1/s1. The van der Waals surface area contributed by atoms with Crippen LogP contribution in [-0.2, 0) is 0 Å². The van der Waals surface area contributed by atoms with Gasteiger partial charge in [-0.2, -0.15) is 0 Å². The van der Waals surface area contributed by atoms with Gasteiger partial charge in [0.1, 0.15) is 0 Å². The van der Waals surface area contributed by atoms with E-state index in [0.717, 1.165) is 18.4 Å². The summed E-state index contributed by atoms with van der Waals surface area (Å²) in [5, 5.41) is 4.56. The van der Waals surface area contributed by atoms with E-state index in [4.69, 9.17) is 0 Å². The van der Waals surface area contributed by atoms with E-state index in [9.17, 15) is 0 Å². The van der Waals surface area contributed by atoms with Crippen molar-refractivity contribution in [2.24, 2.45) is 16.8 Å². The van der Waals surface area contributed by atoms with E-state index in [-0.39, 0.29) is 0 Å². The molecule has 1 saturated heterocycles. The minimum absolute atomic E-state index is 0.616. The predicted molar refractivity (Wildman–Crippen MR) is 59.2 cm³/mol. The number of thioether (sulfide) groups is 1. The van der Waals surface area contributed by atoms with Crippen LogP contribution in [0, 0.1) is 11.8 Å². The normalized spacial score (nSPS) is 40.8. The minimum atomic E-state index is 0.616. The molecule has 2 aliphatic rings. The average Bonchev–Trinajstić information content (AvgIpc) is 2.78. The molecule has 3 heteroatoms. The van der Waals surface area contributed by atoms with Gasteiger partial charge in [0.25, 0.3) is 0 Å². The first-order chi connectivity index (χ1) is 6.29. The Morgan fingerprint density at radius 2 is 2.38 bits per heavy atom. The summed E-state index contributed by atoms with van der Waals surface area (Å²) in [5.41, 5.74) is 0. The summed E-state index contributed by atoms with van der Waals surface area (Å²) >= 11 is 1.87. The van der Waals surface area contributed by atoms with E-state index in [1.165, 1.54) is 23.8 Å². The lowest BCUT2D eigenvalue weighted by atomic mass is 10.2. The Kier molecular flexibility index (Phi) is 2.82. The Morgan fingerprint density at radius 3 is 2.92 bits per heavy atom.